The number of rotatable bonds is 10. The van der Waals surface area contributed by atoms with E-state index in [4.69, 9.17) is 0 Å². The molecule has 0 atom stereocenters. The van der Waals surface area contributed by atoms with Gasteiger partial charge in [0.15, 0.2) is 0 Å². The molecule has 0 heterocycles. The van der Waals surface area contributed by atoms with E-state index in [0.717, 1.165) is 12.8 Å². The molecule has 7 heteroatoms. The first kappa shape index (κ1) is 21.9. The molecule has 4 N–H and O–H groups in total. The Bertz CT molecular complexity index is 834. The largest absolute Gasteiger partial charge is 0.376 e. The fourth-order valence-corrected chi connectivity index (χ4v) is 2.59. The molecular formula is C22H28N4O3. The zero-order chi connectivity index (χ0) is 21.1. The minimum atomic E-state index is -0.214. The van der Waals surface area contributed by atoms with E-state index in [2.05, 4.69) is 21.3 Å². The summed E-state index contributed by atoms with van der Waals surface area (Å²) in [5, 5.41) is 11.4. The fraction of sp³-hybridized carbons (Fsp3) is 0.318. The molecule has 7 nitrogen and oxygen atoms in total. The van der Waals surface area contributed by atoms with Crippen molar-refractivity contribution in [3.05, 3.63) is 54.1 Å². The molecule has 0 saturated heterocycles. The number of hydrogen-bond acceptors (Lipinski definition) is 4. The summed E-state index contributed by atoms with van der Waals surface area (Å²) in [5.74, 6) is -0.376. The topological polar surface area (TPSA) is 99.3 Å². The molecule has 2 aromatic rings. The van der Waals surface area contributed by atoms with E-state index in [1.54, 1.807) is 48.5 Å². The lowest BCUT2D eigenvalue weighted by Crippen LogP contribution is -2.24. The van der Waals surface area contributed by atoms with Crippen LogP contribution in [0.2, 0.25) is 0 Å². The second kappa shape index (κ2) is 11.5. The van der Waals surface area contributed by atoms with Crippen LogP contribution in [-0.2, 0) is 9.59 Å². The Labute approximate surface area is 171 Å². The Kier molecular flexibility index (Phi) is 8.69. The zero-order valence-electron chi connectivity index (χ0n) is 16.9. The standard InChI is InChI=1S/C22H28N4O3/c1-3-6-20(27)25-17-9-11-18(12-10-17)26-21(28)15-24-19-8-5-7-16(14-19)22(29)23-13-4-2/h5,7-12,14,24H,3-4,6,13,15H2,1-2H3,(H,23,29)(H,25,27)(H,26,28). The molecule has 0 radical (unpaired) electrons. The second-order valence-corrected chi connectivity index (χ2v) is 6.61. The third kappa shape index (κ3) is 7.65. The van der Waals surface area contributed by atoms with Gasteiger partial charge in [0, 0.05) is 35.6 Å². The van der Waals surface area contributed by atoms with Crippen LogP contribution in [0.5, 0.6) is 0 Å². The van der Waals surface area contributed by atoms with E-state index in [1.807, 2.05) is 13.8 Å². The van der Waals surface area contributed by atoms with Crippen LogP contribution in [0.1, 0.15) is 43.5 Å². The SMILES string of the molecule is CCCNC(=O)c1cccc(NCC(=O)Nc2ccc(NC(=O)CCC)cc2)c1. The van der Waals surface area contributed by atoms with Gasteiger partial charge in [0.1, 0.15) is 0 Å². The molecule has 0 unspecified atom stereocenters. The van der Waals surface area contributed by atoms with Crippen LogP contribution in [0, 0.1) is 0 Å². The lowest BCUT2D eigenvalue weighted by Gasteiger charge is -2.10. The Morgan fingerprint density at radius 3 is 2.07 bits per heavy atom. The van der Waals surface area contributed by atoms with Crippen molar-refractivity contribution in [2.24, 2.45) is 0 Å². The number of amides is 3. The van der Waals surface area contributed by atoms with Crippen molar-refractivity contribution < 1.29 is 14.4 Å². The maximum atomic E-state index is 12.2. The van der Waals surface area contributed by atoms with Gasteiger partial charge < -0.3 is 21.3 Å². The third-order valence-corrected chi connectivity index (χ3v) is 4.04. The van der Waals surface area contributed by atoms with Crippen LogP contribution in [0.25, 0.3) is 0 Å². The Morgan fingerprint density at radius 2 is 1.45 bits per heavy atom. The summed E-state index contributed by atoms with van der Waals surface area (Å²) in [7, 11) is 0. The van der Waals surface area contributed by atoms with Crippen molar-refractivity contribution in [1.29, 1.82) is 0 Å². The van der Waals surface area contributed by atoms with E-state index < -0.39 is 0 Å². The van der Waals surface area contributed by atoms with Crippen molar-refractivity contribution in [2.75, 3.05) is 29.0 Å². The number of benzene rings is 2. The highest BCUT2D eigenvalue weighted by Crippen LogP contribution is 2.14. The highest BCUT2D eigenvalue weighted by Gasteiger charge is 2.07. The highest BCUT2D eigenvalue weighted by molar-refractivity contribution is 5.96. The first-order chi connectivity index (χ1) is 14.0. The second-order valence-electron chi connectivity index (χ2n) is 6.61. The van der Waals surface area contributed by atoms with E-state index >= 15 is 0 Å². The van der Waals surface area contributed by atoms with E-state index in [9.17, 15) is 14.4 Å². The molecule has 154 valence electrons. The molecule has 0 aliphatic heterocycles. The molecule has 2 rings (SSSR count). The molecule has 2 aromatic carbocycles. The Balaban J connectivity index is 1.84. The van der Waals surface area contributed by atoms with Crippen molar-refractivity contribution >= 4 is 34.8 Å². The molecular weight excluding hydrogens is 368 g/mol. The van der Waals surface area contributed by atoms with Crippen LogP contribution in [0.4, 0.5) is 17.1 Å². The van der Waals surface area contributed by atoms with Gasteiger partial charge in [-0.3, -0.25) is 14.4 Å². The van der Waals surface area contributed by atoms with Gasteiger partial charge in [-0.1, -0.05) is 19.9 Å². The van der Waals surface area contributed by atoms with Crippen LogP contribution in [0.15, 0.2) is 48.5 Å². The monoisotopic (exact) mass is 396 g/mol. The van der Waals surface area contributed by atoms with Gasteiger partial charge in [0.05, 0.1) is 6.54 Å². The van der Waals surface area contributed by atoms with Crippen molar-refractivity contribution in [2.45, 2.75) is 33.1 Å². The lowest BCUT2D eigenvalue weighted by atomic mass is 10.2. The molecule has 0 saturated carbocycles. The molecule has 0 bridgehead atoms. The lowest BCUT2D eigenvalue weighted by molar-refractivity contribution is -0.116. The molecule has 3 amide bonds. The average Bonchev–Trinajstić information content (AvgIpc) is 2.72. The van der Waals surface area contributed by atoms with E-state index in [-0.39, 0.29) is 24.3 Å². The highest BCUT2D eigenvalue weighted by atomic mass is 16.2. The van der Waals surface area contributed by atoms with Gasteiger partial charge in [-0.25, -0.2) is 0 Å². The van der Waals surface area contributed by atoms with Gasteiger partial charge in [-0.15, -0.1) is 0 Å². The molecule has 0 fully saturated rings. The Morgan fingerprint density at radius 1 is 0.793 bits per heavy atom. The van der Waals surface area contributed by atoms with Crippen LogP contribution >= 0.6 is 0 Å². The Hall–Kier alpha value is -3.35. The zero-order valence-corrected chi connectivity index (χ0v) is 16.9. The minimum Gasteiger partial charge on any atom is -0.376 e. The summed E-state index contributed by atoms with van der Waals surface area (Å²) in [6.45, 7) is 4.63. The third-order valence-electron chi connectivity index (χ3n) is 4.04. The summed E-state index contributed by atoms with van der Waals surface area (Å²) < 4.78 is 0. The maximum absolute atomic E-state index is 12.2. The molecule has 29 heavy (non-hydrogen) atoms. The van der Waals surface area contributed by atoms with E-state index in [0.29, 0.717) is 35.6 Å². The molecule has 0 aliphatic carbocycles. The van der Waals surface area contributed by atoms with Gasteiger partial charge >= 0.3 is 0 Å². The van der Waals surface area contributed by atoms with Crippen LogP contribution in [0.3, 0.4) is 0 Å². The normalized spacial score (nSPS) is 10.1. The summed E-state index contributed by atoms with van der Waals surface area (Å²) in [5.41, 5.74) is 2.57. The molecule has 0 spiro atoms. The number of anilines is 3. The maximum Gasteiger partial charge on any atom is 0.251 e. The molecule has 0 aliphatic rings. The van der Waals surface area contributed by atoms with Gasteiger partial charge in [0.2, 0.25) is 11.8 Å². The van der Waals surface area contributed by atoms with Crippen LogP contribution in [-0.4, -0.2) is 30.8 Å². The van der Waals surface area contributed by atoms with Crippen molar-refractivity contribution in [1.82, 2.24) is 5.32 Å². The molecule has 0 aromatic heterocycles. The van der Waals surface area contributed by atoms with Gasteiger partial charge in [-0.05, 0) is 55.3 Å². The van der Waals surface area contributed by atoms with Gasteiger partial charge in [0.25, 0.3) is 5.91 Å². The minimum absolute atomic E-state index is 0.0286. The predicted molar refractivity (Wildman–Crippen MR) is 116 cm³/mol. The fourth-order valence-electron chi connectivity index (χ4n) is 2.59. The summed E-state index contributed by atoms with van der Waals surface area (Å²) in [6.07, 6.45) is 2.14. The summed E-state index contributed by atoms with van der Waals surface area (Å²) in [6, 6.07) is 14.0. The average molecular weight is 396 g/mol. The first-order valence-electron chi connectivity index (χ1n) is 9.83. The number of carbonyl (C=O) groups excluding carboxylic acids is 3. The quantitative estimate of drug-likeness (QED) is 0.493. The number of carbonyl (C=O) groups is 3. The smallest absolute Gasteiger partial charge is 0.251 e. The summed E-state index contributed by atoms with van der Waals surface area (Å²) >= 11 is 0. The number of hydrogen-bond donors (Lipinski definition) is 4. The van der Waals surface area contributed by atoms with E-state index in [1.165, 1.54) is 0 Å². The number of nitrogens with one attached hydrogen (secondary N) is 4. The summed E-state index contributed by atoms with van der Waals surface area (Å²) in [4.78, 5) is 35.8. The van der Waals surface area contributed by atoms with Crippen molar-refractivity contribution in [3.63, 3.8) is 0 Å². The van der Waals surface area contributed by atoms with Gasteiger partial charge in [-0.2, -0.15) is 0 Å². The van der Waals surface area contributed by atoms with Crippen LogP contribution < -0.4 is 21.3 Å². The predicted octanol–water partition coefficient (Wildman–Crippen LogP) is 3.62. The first-order valence-corrected chi connectivity index (χ1v) is 9.83. The van der Waals surface area contributed by atoms with Crippen molar-refractivity contribution in [3.8, 4) is 0 Å².